The lowest BCUT2D eigenvalue weighted by Gasteiger charge is -2.13. The third-order valence-corrected chi connectivity index (χ3v) is 3.59. The van der Waals surface area contributed by atoms with Crippen molar-refractivity contribution in [2.45, 2.75) is 19.3 Å². The highest BCUT2D eigenvalue weighted by Gasteiger charge is 2.52. The van der Waals surface area contributed by atoms with Crippen LogP contribution in [0.3, 0.4) is 0 Å². The van der Waals surface area contributed by atoms with E-state index in [9.17, 15) is 4.79 Å². The average molecular weight is 248 g/mol. The Balaban J connectivity index is 1.80. The van der Waals surface area contributed by atoms with E-state index in [4.69, 9.17) is 18.0 Å². The lowest BCUT2D eigenvalue weighted by molar-refractivity contribution is -0.123. The molecular weight excluding hydrogens is 232 g/mol. The van der Waals surface area contributed by atoms with Crippen LogP contribution in [-0.4, -0.2) is 17.4 Å². The van der Waals surface area contributed by atoms with Crippen molar-refractivity contribution in [3.05, 3.63) is 35.9 Å². The Morgan fingerprint density at radius 1 is 1.35 bits per heavy atom. The van der Waals surface area contributed by atoms with E-state index in [2.05, 4.69) is 5.32 Å². The van der Waals surface area contributed by atoms with Crippen LogP contribution in [0.1, 0.15) is 18.4 Å². The Morgan fingerprint density at radius 3 is 2.53 bits per heavy atom. The van der Waals surface area contributed by atoms with E-state index in [0.717, 1.165) is 19.3 Å². The van der Waals surface area contributed by atoms with Crippen molar-refractivity contribution in [1.82, 2.24) is 5.32 Å². The van der Waals surface area contributed by atoms with E-state index in [1.54, 1.807) is 0 Å². The maximum atomic E-state index is 11.9. The van der Waals surface area contributed by atoms with Gasteiger partial charge >= 0.3 is 0 Å². The summed E-state index contributed by atoms with van der Waals surface area (Å²) >= 11 is 4.93. The molecule has 3 nitrogen and oxygen atoms in total. The number of amides is 1. The molecule has 0 spiro atoms. The summed E-state index contributed by atoms with van der Waals surface area (Å²) in [5, 5.41) is 2.91. The summed E-state index contributed by atoms with van der Waals surface area (Å²) in [6.45, 7) is 0.632. The number of benzene rings is 1. The average Bonchev–Trinajstić information content (AvgIpc) is 3.11. The monoisotopic (exact) mass is 248 g/mol. The fraction of sp³-hybridized carbons (Fsp3) is 0.385. The SMILES string of the molecule is NC(=S)C1(C(=O)NCCc2ccccc2)CC1. The van der Waals surface area contributed by atoms with E-state index in [-0.39, 0.29) is 5.91 Å². The summed E-state index contributed by atoms with van der Waals surface area (Å²) in [7, 11) is 0. The van der Waals surface area contributed by atoms with Crippen molar-refractivity contribution in [1.29, 1.82) is 0 Å². The molecule has 0 radical (unpaired) electrons. The molecule has 0 unspecified atom stereocenters. The fourth-order valence-electron chi connectivity index (χ4n) is 1.84. The van der Waals surface area contributed by atoms with Gasteiger partial charge in [-0.15, -0.1) is 0 Å². The van der Waals surface area contributed by atoms with Crippen molar-refractivity contribution < 1.29 is 4.79 Å². The zero-order valence-corrected chi connectivity index (χ0v) is 10.4. The van der Waals surface area contributed by atoms with Gasteiger partial charge < -0.3 is 11.1 Å². The first-order chi connectivity index (χ1) is 8.15. The third kappa shape index (κ3) is 2.64. The lowest BCUT2D eigenvalue weighted by atomic mass is 10.1. The van der Waals surface area contributed by atoms with Crippen LogP contribution < -0.4 is 11.1 Å². The Labute approximate surface area is 106 Å². The molecule has 17 heavy (non-hydrogen) atoms. The Morgan fingerprint density at radius 2 is 2.00 bits per heavy atom. The molecule has 1 saturated carbocycles. The zero-order chi connectivity index (χ0) is 12.3. The zero-order valence-electron chi connectivity index (χ0n) is 9.61. The first-order valence-corrected chi connectivity index (χ1v) is 6.18. The van der Waals surface area contributed by atoms with E-state index in [0.29, 0.717) is 11.5 Å². The molecule has 0 aromatic heterocycles. The summed E-state index contributed by atoms with van der Waals surface area (Å²) < 4.78 is 0. The summed E-state index contributed by atoms with van der Waals surface area (Å²) in [6.07, 6.45) is 2.42. The first-order valence-electron chi connectivity index (χ1n) is 5.77. The van der Waals surface area contributed by atoms with E-state index in [1.165, 1.54) is 5.56 Å². The largest absolute Gasteiger partial charge is 0.392 e. The van der Waals surface area contributed by atoms with Gasteiger partial charge in [-0.2, -0.15) is 0 Å². The van der Waals surface area contributed by atoms with Crippen molar-refractivity contribution in [3.63, 3.8) is 0 Å². The molecule has 1 aliphatic carbocycles. The van der Waals surface area contributed by atoms with Crippen LogP contribution in [0.2, 0.25) is 0 Å². The molecule has 0 atom stereocenters. The predicted molar refractivity (Wildman–Crippen MR) is 71.6 cm³/mol. The molecule has 0 bridgehead atoms. The number of carbonyl (C=O) groups is 1. The number of thiocarbonyl (C=S) groups is 1. The summed E-state index contributed by atoms with van der Waals surface area (Å²) in [5.74, 6) is -0.0130. The lowest BCUT2D eigenvalue weighted by Crippen LogP contribution is -2.40. The van der Waals surface area contributed by atoms with Gasteiger partial charge in [0.1, 0.15) is 0 Å². The Hall–Kier alpha value is -1.42. The molecule has 1 aromatic carbocycles. The number of hydrogen-bond acceptors (Lipinski definition) is 2. The van der Waals surface area contributed by atoms with Crippen LogP contribution in [0, 0.1) is 5.41 Å². The molecular formula is C13H16N2OS. The second kappa shape index (κ2) is 4.84. The van der Waals surface area contributed by atoms with Crippen LogP contribution in [-0.2, 0) is 11.2 Å². The van der Waals surface area contributed by atoms with E-state index >= 15 is 0 Å². The van der Waals surface area contributed by atoms with Gasteiger partial charge in [-0.05, 0) is 24.8 Å². The molecule has 0 heterocycles. The van der Waals surface area contributed by atoms with Crippen LogP contribution in [0.5, 0.6) is 0 Å². The highest BCUT2D eigenvalue weighted by molar-refractivity contribution is 7.80. The number of hydrogen-bond donors (Lipinski definition) is 2. The second-order valence-corrected chi connectivity index (χ2v) is 4.88. The molecule has 90 valence electrons. The van der Waals surface area contributed by atoms with Gasteiger partial charge in [0.05, 0.1) is 10.4 Å². The van der Waals surface area contributed by atoms with Gasteiger partial charge in [0.15, 0.2) is 0 Å². The summed E-state index contributed by atoms with van der Waals surface area (Å²) in [6, 6.07) is 10.1. The van der Waals surface area contributed by atoms with Crippen LogP contribution >= 0.6 is 12.2 Å². The quantitative estimate of drug-likeness (QED) is 0.775. The van der Waals surface area contributed by atoms with Gasteiger partial charge in [0.25, 0.3) is 0 Å². The minimum atomic E-state index is -0.536. The van der Waals surface area contributed by atoms with Crippen LogP contribution in [0.25, 0.3) is 0 Å². The summed E-state index contributed by atoms with van der Waals surface area (Å²) in [4.78, 5) is 12.2. The Kier molecular flexibility index (Phi) is 3.43. The maximum Gasteiger partial charge on any atom is 0.233 e. The number of nitrogens with one attached hydrogen (secondary N) is 1. The number of carbonyl (C=O) groups excluding carboxylic acids is 1. The molecule has 0 aliphatic heterocycles. The molecule has 2 rings (SSSR count). The molecule has 0 saturated heterocycles. The first kappa shape index (κ1) is 12.0. The smallest absolute Gasteiger partial charge is 0.233 e. The molecule has 1 aromatic rings. The van der Waals surface area contributed by atoms with Gasteiger partial charge in [0, 0.05) is 6.54 Å². The minimum Gasteiger partial charge on any atom is -0.392 e. The molecule has 1 fully saturated rings. The highest BCUT2D eigenvalue weighted by Crippen LogP contribution is 2.46. The van der Waals surface area contributed by atoms with Crippen LogP contribution in [0.15, 0.2) is 30.3 Å². The second-order valence-electron chi connectivity index (χ2n) is 4.44. The van der Waals surface area contributed by atoms with Crippen molar-refractivity contribution in [3.8, 4) is 0 Å². The van der Waals surface area contributed by atoms with E-state index < -0.39 is 5.41 Å². The van der Waals surface area contributed by atoms with Gasteiger partial charge in [-0.1, -0.05) is 42.5 Å². The maximum absolute atomic E-state index is 11.9. The summed E-state index contributed by atoms with van der Waals surface area (Å²) in [5.41, 5.74) is 6.27. The predicted octanol–water partition coefficient (Wildman–Crippen LogP) is 1.41. The molecule has 3 N–H and O–H groups in total. The third-order valence-electron chi connectivity index (χ3n) is 3.20. The molecule has 1 amide bonds. The highest BCUT2D eigenvalue weighted by atomic mass is 32.1. The van der Waals surface area contributed by atoms with E-state index in [1.807, 2.05) is 30.3 Å². The number of rotatable bonds is 5. The van der Waals surface area contributed by atoms with Gasteiger partial charge in [-0.3, -0.25) is 4.79 Å². The van der Waals surface area contributed by atoms with Crippen molar-refractivity contribution in [2.75, 3.05) is 6.54 Å². The van der Waals surface area contributed by atoms with Crippen molar-refractivity contribution in [2.24, 2.45) is 11.1 Å². The standard InChI is InChI=1S/C13H16N2OS/c14-11(17)13(7-8-13)12(16)15-9-6-10-4-2-1-3-5-10/h1-5H,6-9H2,(H2,14,17)(H,15,16). The minimum absolute atomic E-state index is 0.0130. The van der Waals surface area contributed by atoms with Crippen molar-refractivity contribution >= 4 is 23.1 Å². The topological polar surface area (TPSA) is 55.1 Å². The van der Waals surface area contributed by atoms with Gasteiger partial charge in [-0.25, -0.2) is 0 Å². The normalized spacial score (nSPS) is 16.2. The Bertz CT molecular complexity index is 426. The van der Waals surface area contributed by atoms with Gasteiger partial charge in [0.2, 0.25) is 5.91 Å². The van der Waals surface area contributed by atoms with Crippen LogP contribution in [0.4, 0.5) is 0 Å². The number of nitrogens with two attached hydrogens (primary N) is 1. The fourth-order valence-corrected chi connectivity index (χ4v) is 2.14. The molecule has 4 heteroatoms. The molecule has 1 aliphatic rings.